The fraction of sp³-hybridized carbons (Fsp3) is 0.333. The molecule has 0 spiro atoms. The van der Waals surface area contributed by atoms with Gasteiger partial charge in [0.05, 0.1) is 6.61 Å². The third-order valence-corrected chi connectivity index (χ3v) is 3.89. The first-order valence-corrected chi connectivity index (χ1v) is 7.23. The van der Waals surface area contributed by atoms with Crippen molar-refractivity contribution in [1.82, 2.24) is 0 Å². The van der Waals surface area contributed by atoms with Gasteiger partial charge in [-0.05, 0) is 22.3 Å². The van der Waals surface area contributed by atoms with Crippen molar-refractivity contribution >= 4 is 0 Å². The van der Waals surface area contributed by atoms with Crippen LogP contribution < -0.4 is 0 Å². The van der Waals surface area contributed by atoms with Crippen molar-refractivity contribution in [2.24, 2.45) is 0 Å². The molecule has 2 atom stereocenters. The predicted molar refractivity (Wildman–Crippen MR) is 84.4 cm³/mol. The van der Waals surface area contributed by atoms with Gasteiger partial charge < -0.3 is 5.11 Å². The Morgan fingerprint density at radius 2 is 1.24 bits per heavy atom. The van der Waals surface area contributed by atoms with Crippen LogP contribution >= 0.6 is 0 Å². The highest BCUT2D eigenvalue weighted by atomic mass is 17.1. The molecular weight excluding hydrogens is 264 g/mol. The zero-order valence-electron chi connectivity index (χ0n) is 12.5. The van der Waals surface area contributed by atoms with Crippen LogP contribution in [0.4, 0.5) is 0 Å². The third-order valence-electron chi connectivity index (χ3n) is 3.89. The van der Waals surface area contributed by atoms with Crippen LogP contribution in [0.2, 0.25) is 0 Å². The molecule has 0 saturated heterocycles. The van der Waals surface area contributed by atoms with Gasteiger partial charge in [-0.15, -0.1) is 0 Å². The molecule has 0 bridgehead atoms. The molecule has 2 rings (SSSR count). The zero-order valence-corrected chi connectivity index (χ0v) is 12.5. The van der Waals surface area contributed by atoms with Crippen LogP contribution in [0.15, 0.2) is 48.5 Å². The Balaban J connectivity index is 2.15. The summed E-state index contributed by atoms with van der Waals surface area (Å²) in [7, 11) is 0. The normalized spacial score (nSPS) is 13.9. The van der Waals surface area contributed by atoms with Crippen LogP contribution in [0.5, 0.6) is 0 Å². The van der Waals surface area contributed by atoms with E-state index in [0.717, 1.165) is 22.3 Å². The molecule has 0 aliphatic carbocycles. The highest BCUT2D eigenvalue weighted by Gasteiger charge is 2.07. The van der Waals surface area contributed by atoms with E-state index in [1.807, 2.05) is 13.8 Å². The minimum atomic E-state index is 0.164. The van der Waals surface area contributed by atoms with E-state index >= 15 is 0 Å². The lowest BCUT2D eigenvalue weighted by Gasteiger charge is -2.12. The highest BCUT2D eigenvalue weighted by molar-refractivity contribution is 5.64. The molecule has 0 radical (unpaired) electrons. The molecule has 2 aromatic rings. The van der Waals surface area contributed by atoms with Gasteiger partial charge in [-0.2, -0.15) is 0 Å². The Labute approximate surface area is 125 Å². The maximum absolute atomic E-state index is 9.17. The minimum absolute atomic E-state index is 0.164. The Hall–Kier alpha value is -1.68. The van der Waals surface area contributed by atoms with Gasteiger partial charge in [0.15, 0.2) is 0 Å². The summed E-state index contributed by atoms with van der Waals surface area (Å²) in [4.78, 5) is 4.20. The van der Waals surface area contributed by atoms with Crippen LogP contribution in [-0.4, -0.2) is 23.6 Å². The molecule has 0 amide bonds. The lowest BCUT2D eigenvalue weighted by molar-refractivity contribution is -0.245. The van der Waals surface area contributed by atoms with E-state index in [1.54, 1.807) is 0 Å². The maximum atomic E-state index is 9.17. The van der Waals surface area contributed by atoms with E-state index in [1.165, 1.54) is 0 Å². The molecule has 0 saturated carbocycles. The summed E-state index contributed by atoms with van der Waals surface area (Å²) < 4.78 is 0. The van der Waals surface area contributed by atoms with Gasteiger partial charge in [-0.25, -0.2) is 4.89 Å². The fourth-order valence-electron chi connectivity index (χ4n) is 2.32. The lowest BCUT2D eigenvalue weighted by Crippen LogP contribution is -2.01. The maximum Gasteiger partial charge on any atom is 0.0885 e. The number of hydrogen-bond donors (Lipinski definition) is 2. The van der Waals surface area contributed by atoms with E-state index in [9.17, 15) is 5.11 Å². The van der Waals surface area contributed by atoms with Crippen molar-refractivity contribution in [2.45, 2.75) is 25.7 Å². The second-order valence-electron chi connectivity index (χ2n) is 5.52. The fourth-order valence-corrected chi connectivity index (χ4v) is 2.32. The Morgan fingerprint density at radius 3 is 1.62 bits per heavy atom. The molecular formula is C18H22O3. The highest BCUT2D eigenvalue weighted by Crippen LogP contribution is 2.25. The smallest absolute Gasteiger partial charge is 0.0885 e. The van der Waals surface area contributed by atoms with Crippen molar-refractivity contribution in [2.75, 3.05) is 13.2 Å². The molecule has 2 unspecified atom stereocenters. The lowest BCUT2D eigenvalue weighted by atomic mass is 9.96. The molecule has 3 heteroatoms. The van der Waals surface area contributed by atoms with E-state index in [0.29, 0.717) is 6.61 Å². The third kappa shape index (κ3) is 3.91. The van der Waals surface area contributed by atoms with Gasteiger partial charge in [-0.1, -0.05) is 62.4 Å². The van der Waals surface area contributed by atoms with Crippen LogP contribution in [-0.2, 0) is 4.89 Å². The van der Waals surface area contributed by atoms with Crippen molar-refractivity contribution in [3.8, 4) is 11.1 Å². The first kappa shape index (κ1) is 15.7. The first-order valence-electron chi connectivity index (χ1n) is 7.23. The largest absolute Gasteiger partial charge is 0.396 e. The van der Waals surface area contributed by atoms with Crippen LogP contribution in [0.1, 0.15) is 36.8 Å². The molecule has 3 nitrogen and oxygen atoms in total. The van der Waals surface area contributed by atoms with E-state index in [-0.39, 0.29) is 18.4 Å². The average molecular weight is 286 g/mol. The summed E-state index contributed by atoms with van der Waals surface area (Å²) in [5.74, 6) is 0.331. The average Bonchev–Trinajstić information content (AvgIpc) is 2.54. The van der Waals surface area contributed by atoms with Crippen LogP contribution in [0, 0.1) is 0 Å². The van der Waals surface area contributed by atoms with Gasteiger partial charge in [0.25, 0.3) is 0 Å². The van der Waals surface area contributed by atoms with Crippen LogP contribution in [0.25, 0.3) is 11.1 Å². The second kappa shape index (κ2) is 7.36. The Bertz CT molecular complexity index is 546. The van der Waals surface area contributed by atoms with Gasteiger partial charge >= 0.3 is 0 Å². The number of aliphatic hydroxyl groups excluding tert-OH is 1. The van der Waals surface area contributed by atoms with E-state index < -0.39 is 0 Å². The summed E-state index contributed by atoms with van der Waals surface area (Å²) in [5.41, 5.74) is 4.59. The molecule has 0 fully saturated rings. The summed E-state index contributed by atoms with van der Waals surface area (Å²) in [5, 5.41) is 17.7. The topological polar surface area (TPSA) is 49.7 Å². The van der Waals surface area contributed by atoms with Crippen LogP contribution in [0.3, 0.4) is 0 Å². The quantitative estimate of drug-likeness (QED) is 0.622. The molecule has 0 heterocycles. The summed E-state index contributed by atoms with van der Waals surface area (Å²) in [6.07, 6.45) is 0. The number of rotatable bonds is 6. The molecule has 2 N–H and O–H groups in total. The molecule has 21 heavy (non-hydrogen) atoms. The van der Waals surface area contributed by atoms with Gasteiger partial charge in [0.2, 0.25) is 0 Å². The molecule has 0 aromatic heterocycles. The number of benzene rings is 2. The SMILES string of the molecule is CC(CO)c1ccc(-c2ccc(C(C)COO)cc2)cc1. The standard InChI is InChI=1S/C18H22O3/c1-13(11-19)15-3-7-17(8-4-15)18-9-5-16(6-10-18)14(2)12-21-20/h3-10,13-14,19-20H,11-12H2,1-2H3. The molecule has 0 aliphatic rings. The molecule has 112 valence electrons. The first-order chi connectivity index (χ1) is 10.2. The summed E-state index contributed by atoms with van der Waals surface area (Å²) >= 11 is 0. The van der Waals surface area contributed by atoms with Gasteiger partial charge in [0.1, 0.15) is 0 Å². The Kier molecular flexibility index (Phi) is 5.51. The van der Waals surface area contributed by atoms with Crippen molar-refractivity contribution in [1.29, 1.82) is 0 Å². The number of hydrogen-bond acceptors (Lipinski definition) is 3. The Morgan fingerprint density at radius 1 is 0.810 bits per heavy atom. The predicted octanol–water partition coefficient (Wildman–Crippen LogP) is 4.04. The molecule has 0 aliphatic heterocycles. The minimum Gasteiger partial charge on any atom is -0.396 e. The molecule has 2 aromatic carbocycles. The van der Waals surface area contributed by atoms with Crippen molar-refractivity contribution in [3.05, 3.63) is 59.7 Å². The van der Waals surface area contributed by atoms with E-state index in [4.69, 9.17) is 5.26 Å². The van der Waals surface area contributed by atoms with E-state index in [2.05, 4.69) is 53.4 Å². The summed E-state index contributed by atoms with van der Waals surface area (Å²) in [6.45, 7) is 4.48. The second-order valence-corrected chi connectivity index (χ2v) is 5.52. The van der Waals surface area contributed by atoms with Crippen molar-refractivity contribution in [3.63, 3.8) is 0 Å². The monoisotopic (exact) mass is 286 g/mol. The van der Waals surface area contributed by atoms with Gasteiger partial charge in [-0.3, -0.25) is 5.26 Å². The van der Waals surface area contributed by atoms with Crippen molar-refractivity contribution < 1.29 is 15.3 Å². The summed E-state index contributed by atoms with van der Waals surface area (Å²) in [6, 6.07) is 16.6. The number of aliphatic hydroxyl groups is 1. The zero-order chi connectivity index (χ0) is 15.2. The van der Waals surface area contributed by atoms with Gasteiger partial charge in [0, 0.05) is 18.4 Å².